The summed E-state index contributed by atoms with van der Waals surface area (Å²) in [6.45, 7) is 2.10. The Bertz CT molecular complexity index is 3630. The minimum Gasteiger partial charge on any atom is -0.488 e. The molecule has 0 spiro atoms. The Hall–Kier alpha value is -8.32. The van der Waals surface area contributed by atoms with Crippen molar-refractivity contribution >= 4 is 55.7 Å². The van der Waals surface area contributed by atoms with Crippen LogP contribution in [0.1, 0.15) is 22.4 Å². The van der Waals surface area contributed by atoms with Crippen LogP contribution in [0.2, 0.25) is 0 Å². The van der Waals surface area contributed by atoms with Gasteiger partial charge >= 0.3 is 0 Å². The molecule has 9 heteroatoms. The smallest absolute Gasteiger partial charge is 0.136 e. The van der Waals surface area contributed by atoms with Crippen LogP contribution in [0.4, 0.5) is 31.5 Å². The molecule has 11 aromatic rings. The zero-order valence-corrected chi connectivity index (χ0v) is 38.9. The van der Waals surface area contributed by atoms with Gasteiger partial charge < -0.3 is 14.4 Å². The topological polar surface area (TPSA) is 50.1 Å². The molecule has 1 aliphatic heterocycles. The van der Waals surface area contributed by atoms with E-state index in [4.69, 9.17) is 15.0 Å². The van der Waals surface area contributed by atoms with E-state index in [0.717, 1.165) is 89.3 Å². The molecule has 12 rings (SSSR count). The van der Waals surface area contributed by atoms with Crippen molar-refractivity contribution in [3.05, 3.63) is 272 Å². The van der Waals surface area contributed by atoms with E-state index in [2.05, 4.69) is 99.9 Å². The van der Waals surface area contributed by atoms with E-state index in [1.54, 1.807) is 30.7 Å². The quantitative estimate of drug-likeness (QED) is 0.106. The Morgan fingerprint density at radius 1 is 0.522 bits per heavy atom. The van der Waals surface area contributed by atoms with Crippen molar-refractivity contribution in [1.82, 2.24) is 19.5 Å². The van der Waals surface area contributed by atoms with Crippen LogP contribution in [0.15, 0.2) is 219 Å². The Kier molecular flexibility index (Phi) is 11.5. The fraction of sp³-hybridized carbons (Fsp3) is 0. The first-order valence-corrected chi connectivity index (χ1v) is 22.2. The fourth-order valence-corrected chi connectivity index (χ4v) is 9.23. The number of anilines is 4. The largest absolute Gasteiger partial charge is 0.488 e. The second kappa shape index (κ2) is 18.4. The number of fused-ring (bicyclic) bond motifs is 4. The zero-order valence-electron chi connectivity index (χ0n) is 36.6. The van der Waals surface area contributed by atoms with Crippen LogP contribution in [0.5, 0.6) is 0 Å². The summed E-state index contributed by atoms with van der Waals surface area (Å²) in [6.07, 6.45) is 5.18. The molecule has 0 bridgehead atoms. The molecule has 0 saturated carbocycles. The summed E-state index contributed by atoms with van der Waals surface area (Å²) in [5.41, 5.74) is 12.6. The van der Waals surface area contributed by atoms with Crippen molar-refractivity contribution < 1.29 is 29.8 Å². The van der Waals surface area contributed by atoms with Gasteiger partial charge in [0, 0.05) is 55.4 Å². The van der Waals surface area contributed by atoms with Crippen molar-refractivity contribution in [3.8, 4) is 28.2 Å². The van der Waals surface area contributed by atoms with Gasteiger partial charge in [-0.1, -0.05) is 108 Å². The number of pyridine rings is 1. The van der Waals surface area contributed by atoms with Crippen molar-refractivity contribution in [2.75, 3.05) is 9.80 Å². The number of hydrogen-bond donors (Lipinski definition) is 0. The molecule has 4 heterocycles. The zero-order chi connectivity index (χ0) is 45.6. The van der Waals surface area contributed by atoms with Crippen LogP contribution < -0.4 is 9.80 Å². The maximum Gasteiger partial charge on any atom is 0.136 e. The fourth-order valence-electron chi connectivity index (χ4n) is 9.23. The summed E-state index contributed by atoms with van der Waals surface area (Å²) in [6, 6.07) is 72.0. The third-order valence-electron chi connectivity index (χ3n) is 12.3. The van der Waals surface area contributed by atoms with Gasteiger partial charge in [0.2, 0.25) is 0 Å². The summed E-state index contributed by atoms with van der Waals surface area (Å²) in [4.78, 5) is 19.2. The van der Waals surface area contributed by atoms with Crippen LogP contribution in [0, 0.1) is 30.4 Å². The second-order valence-electron chi connectivity index (χ2n) is 16.4. The number of halogens is 2. The Balaban J connectivity index is 0.00000520. The first-order valence-electron chi connectivity index (χ1n) is 22.2. The van der Waals surface area contributed by atoms with Gasteiger partial charge in [0.1, 0.15) is 17.5 Å². The third kappa shape index (κ3) is 8.09. The molecule has 0 atom stereocenters. The molecule has 1 aliphatic rings. The van der Waals surface area contributed by atoms with Crippen LogP contribution in [0.3, 0.4) is 0 Å². The van der Waals surface area contributed by atoms with Crippen molar-refractivity contribution in [1.29, 1.82) is 0 Å². The van der Waals surface area contributed by atoms with Gasteiger partial charge in [0.25, 0.3) is 0 Å². The summed E-state index contributed by atoms with van der Waals surface area (Å²) in [5, 5.41) is 2.08. The van der Waals surface area contributed by atoms with Crippen LogP contribution >= 0.6 is 0 Å². The molecule has 69 heavy (non-hydrogen) atoms. The number of para-hydroxylation sites is 4. The molecule has 3 aromatic heterocycles. The molecule has 6 nitrogen and oxygen atoms in total. The number of rotatable bonds is 9. The third-order valence-corrected chi connectivity index (χ3v) is 12.3. The predicted octanol–water partition coefficient (Wildman–Crippen LogP) is 14.6. The van der Waals surface area contributed by atoms with E-state index < -0.39 is 0 Å². The summed E-state index contributed by atoms with van der Waals surface area (Å²) in [7, 11) is 0. The number of nitrogens with zero attached hydrogens (tertiary/aromatic N) is 6. The summed E-state index contributed by atoms with van der Waals surface area (Å²) < 4.78 is 31.8. The van der Waals surface area contributed by atoms with Gasteiger partial charge in [0.15, 0.2) is 0 Å². The number of benzene rings is 8. The van der Waals surface area contributed by atoms with Crippen LogP contribution in [-0.2, 0) is 21.1 Å². The number of hydrogen-bond acceptors (Lipinski definition) is 5. The van der Waals surface area contributed by atoms with Gasteiger partial charge in [-0.2, -0.15) is 0 Å². The van der Waals surface area contributed by atoms with Crippen molar-refractivity contribution in [2.45, 2.75) is 0 Å². The van der Waals surface area contributed by atoms with Crippen LogP contribution in [0.25, 0.3) is 61.2 Å². The normalized spacial score (nSPS) is 12.5. The number of aromatic nitrogens is 4. The van der Waals surface area contributed by atoms with Gasteiger partial charge in [0.05, 0.1) is 23.8 Å². The molecule has 0 amide bonds. The van der Waals surface area contributed by atoms with E-state index in [0.29, 0.717) is 17.0 Å². The minimum absolute atomic E-state index is 0. The minimum atomic E-state index is -0.377. The molecule has 0 saturated heterocycles. The van der Waals surface area contributed by atoms with E-state index in [1.807, 2.05) is 97.1 Å². The molecule has 0 aliphatic carbocycles. The van der Waals surface area contributed by atoms with Gasteiger partial charge in [-0.05, 0) is 106 Å². The van der Waals surface area contributed by atoms with Crippen LogP contribution in [-0.4, -0.2) is 19.5 Å². The maximum absolute atomic E-state index is 14.8. The Morgan fingerprint density at radius 3 is 2.00 bits per heavy atom. The van der Waals surface area contributed by atoms with Crippen molar-refractivity contribution in [2.24, 2.45) is 0 Å². The molecular formula is C60H37F2N6Pt-3. The van der Waals surface area contributed by atoms with E-state index in [1.165, 1.54) is 24.3 Å². The summed E-state index contributed by atoms with van der Waals surface area (Å²) >= 11 is 0. The predicted molar refractivity (Wildman–Crippen MR) is 268 cm³/mol. The van der Waals surface area contributed by atoms with Gasteiger partial charge in [-0.15, -0.1) is 65.8 Å². The molecular weight excluding hydrogens is 1040 g/mol. The van der Waals surface area contributed by atoms with E-state index >= 15 is 0 Å². The molecule has 0 N–H and O–H groups in total. The molecule has 0 fully saturated rings. The molecule has 8 aromatic carbocycles. The Labute approximate surface area is 412 Å². The average Bonchev–Trinajstić information content (AvgIpc) is 3.95. The van der Waals surface area contributed by atoms with E-state index in [9.17, 15) is 8.78 Å². The van der Waals surface area contributed by atoms with Crippen molar-refractivity contribution in [3.63, 3.8) is 0 Å². The molecule has 0 unspecified atom stereocenters. The molecule has 0 radical (unpaired) electrons. The van der Waals surface area contributed by atoms with Gasteiger partial charge in [-0.25, -0.2) is 18.7 Å². The second-order valence-corrected chi connectivity index (χ2v) is 16.4. The molecule has 334 valence electrons. The monoisotopic (exact) mass is 1070 g/mol. The maximum atomic E-state index is 14.8. The first kappa shape index (κ1) is 43.3. The standard InChI is InChI=1S/C60H37F2N6.Pt/c61-46-19-11-15-41(33-46)40-14-10-17-43(32-40)60(53-38-63-37-52(65-53)42-16-12-20-47(62)34-42)59(45-29-30-51-50-24-4-5-25-54(50)68(57(51)36-45)58-28-8-9-31-64-58)44-18-13-23-49(35-44)67-39-66(48-21-2-1-3-22-48)55-26-6-7-27-56(55)67;/h1-34,37-39H;/q-3;/b60-59-;. The Morgan fingerprint density at radius 2 is 1.20 bits per heavy atom. The average molecular weight is 1080 g/mol. The van der Waals surface area contributed by atoms with Gasteiger partial charge in [-0.3, -0.25) is 4.98 Å². The first-order chi connectivity index (χ1) is 33.5. The SMILES string of the molecule is Fc1cccc(-c2cccc(/C(=C(\c3[c-]c(N4[CH-]N(c5ccccc5)c5ccccc54)ccc3)c3[c-]c4c(cc3)c3ccccc3n4-c3ccccn3)c3cncc(-c4cccc(F)c4)n3)c2)c1.[Pt]. The summed E-state index contributed by atoms with van der Waals surface area (Å²) in [5.74, 6) is 0.0495. The van der Waals surface area contributed by atoms with E-state index in [-0.39, 0.29) is 32.7 Å².